The van der Waals surface area contributed by atoms with Crippen LogP contribution in [0.4, 0.5) is 0 Å². The first-order valence-corrected chi connectivity index (χ1v) is 5.28. The van der Waals surface area contributed by atoms with E-state index in [9.17, 15) is 19.5 Å². The molecular weight excluding hydrogens is 284 g/mol. The molecule has 0 aromatic rings. The summed E-state index contributed by atoms with van der Waals surface area (Å²) in [5.74, 6) is -2.66. The molecule has 2 amide bonds. The van der Waals surface area contributed by atoms with Gasteiger partial charge in [-0.2, -0.15) is 5.01 Å². The van der Waals surface area contributed by atoms with Gasteiger partial charge >= 0.3 is 5.97 Å². The molecule has 7 nitrogen and oxygen atoms in total. The number of aliphatic hydroxyl groups excluding tert-OH is 1. The fourth-order valence-electron chi connectivity index (χ4n) is 1.54. The van der Waals surface area contributed by atoms with E-state index in [1.807, 2.05) is 0 Å². The Kier molecular flexibility index (Phi) is 2.47. The van der Waals surface area contributed by atoms with E-state index >= 15 is 0 Å². The zero-order chi connectivity index (χ0) is 12.0. The number of hydrazine groups is 1. The van der Waals surface area contributed by atoms with Crippen LogP contribution >= 0.6 is 15.9 Å². The lowest BCUT2D eigenvalue weighted by Gasteiger charge is -2.40. The minimum Gasteiger partial charge on any atom is -0.477 e. The molecule has 0 aliphatic carbocycles. The minimum absolute atomic E-state index is 0.169. The van der Waals surface area contributed by atoms with E-state index in [0.29, 0.717) is 5.01 Å². The summed E-state index contributed by atoms with van der Waals surface area (Å²) in [7, 11) is 0. The van der Waals surface area contributed by atoms with Crippen molar-refractivity contribution >= 4 is 33.7 Å². The van der Waals surface area contributed by atoms with Crippen molar-refractivity contribution in [3.63, 3.8) is 0 Å². The quantitative estimate of drug-likeness (QED) is 0.386. The number of rotatable bonds is 2. The monoisotopic (exact) mass is 290 g/mol. The van der Waals surface area contributed by atoms with Gasteiger partial charge in [0, 0.05) is 0 Å². The highest BCUT2D eigenvalue weighted by Crippen LogP contribution is 2.32. The first-order chi connectivity index (χ1) is 7.43. The zero-order valence-corrected chi connectivity index (χ0v) is 9.42. The van der Waals surface area contributed by atoms with Crippen molar-refractivity contribution in [2.24, 2.45) is 0 Å². The molecule has 0 saturated carbocycles. The SMILES string of the molecule is O=C(O)C1=CC(Br)N1N1C(=O)CC(O)C1=O. The third-order valence-corrected chi connectivity index (χ3v) is 2.96. The summed E-state index contributed by atoms with van der Waals surface area (Å²) in [4.78, 5) is 33.1. The van der Waals surface area contributed by atoms with Gasteiger partial charge in [-0.1, -0.05) is 15.9 Å². The van der Waals surface area contributed by atoms with E-state index in [4.69, 9.17) is 5.11 Å². The molecule has 0 aromatic carbocycles. The summed E-state index contributed by atoms with van der Waals surface area (Å²) >= 11 is 3.08. The number of imide groups is 1. The number of carboxylic acids is 1. The van der Waals surface area contributed by atoms with E-state index in [1.54, 1.807) is 0 Å². The molecule has 2 N–H and O–H groups in total. The average molecular weight is 291 g/mol. The fourth-order valence-corrected chi connectivity index (χ4v) is 2.20. The van der Waals surface area contributed by atoms with Crippen molar-refractivity contribution in [3.8, 4) is 0 Å². The molecule has 16 heavy (non-hydrogen) atoms. The molecule has 0 aromatic heterocycles. The fraction of sp³-hybridized carbons (Fsp3) is 0.375. The molecule has 8 heteroatoms. The van der Waals surface area contributed by atoms with Crippen molar-refractivity contribution in [3.05, 3.63) is 11.8 Å². The van der Waals surface area contributed by atoms with Crippen LogP contribution in [0.15, 0.2) is 11.8 Å². The number of nitrogens with zero attached hydrogens (tertiary/aromatic N) is 2. The number of amides is 2. The Labute approximate surface area is 98.0 Å². The average Bonchev–Trinajstić information content (AvgIpc) is 2.41. The number of carbonyl (C=O) groups is 3. The van der Waals surface area contributed by atoms with Crippen LogP contribution in [0.25, 0.3) is 0 Å². The topological polar surface area (TPSA) is 98.2 Å². The van der Waals surface area contributed by atoms with Crippen LogP contribution in [0, 0.1) is 0 Å². The van der Waals surface area contributed by atoms with Gasteiger partial charge in [0.15, 0.2) is 0 Å². The number of hydrogen-bond acceptors (Lipinski definition) is 5. The summed E-state index contributed by atoms with van der Waals surface area (Å²) < 4.78 is 0. The largest absolute Gasteiger partial charge is 0.477 e. The Morgan fingerprint density at radius 1 is 1.50 bits per heavy atom. The van der Waals surface area contributed by atoms with Crippen molar-refractivity contribution in [2.45, 2.75) is 17.5 Å². The molecule has 0 spiro atoms. The lowest BCUT2D eigenvalue weighted by atomic mass is 10.2. The molecule has 2 unspecified atom stereocenters. The molecule has 2 rings (SSSR count). The molecule has 0 radical (unpaired) electrons. The highest BCUT2D eigenvalue weighted by atomic mass is 79.9. The Hall–Kier alpha value is -1.41. The lowest BCUT2D eigenvalue weighted by Crippen LogP contribution is -2.55. The predicted molar refractivity (Wildman–Crippen MR) is 52.7 cm³/mol. The molecule has 1 saturated heterocycles. The summed E-state index contributed by atoms with van der Waals surface area (Å²) in [5, 5.41) is 19.6. The van der Waals surface area contributed by atoms with Gasteiger partial charge in [-0.05, 0) is 6.08 Å². The van der Waals surface area contributed by atoms with Gasteiger partial charge in [0.1, 0.15) is 16.8 Å². The van der Waals surface area contributed by atoms with Gasteiger partial charge in [0.05, 0.1) is 6.42 Å². The van der Waals surface area contributed by atoms with E-state index in [-0.39, 0.29) is 12.1 Å². The molecule has 1 fully saturated rings. The van der Waals surface area contributed by atoms with Crippen LogP contribution in [0.5, 0.6) is 0 Å². The number of carbonyl (C=O) groups excluding carboxylic acids is 2. The number of aliphatic carboxylic acids is 1. The van der Waals surface area contributed by atoms with E-state index < -0.39 is 28.8 Å². The highest BCUT2D eigenvalue weighted by molar-refractivity contribution is 9.09. The molecule has 2 heterocycles. The number of aliphatic hydroxyl groups is 1. The maximum atomic E-state index is 11.4. The third kappa shape index (κ3) is 1.41. The third-order valence-electron chi connectivity index (χ3n) is 2.31. The number of halogens is 1. The summed E-state index contributed by atoms with van der Waals surface area (Å²) in [5.41, 5.74) is -0.169. The van der Waals surface area contributed by atoms with Crippen LogP contribution in [0.1, 0.15) is 6.42 Å². The molecule has 2 atom stereocenters. The molecular formula is C8H7BrN2O5. The first kappa shape index (κ1) is 11.1. The summed E-state index contributed by atoms with van der Waals surface area (Å²) in [6, 6.07) is 0. The van der Waals surface area contributed by atoms with Crippen LogP contribution < -0.4 is 0 Å². The maximum Gasteiger partial charge on any atom is 0.353 e. The normalized spacial score (nSPS) is 29.2. The number of hydrogen-bond donors (Lipinski definition) is 2. The van der Waals surface area contributed by atoms with Gasteiger partial charge in [-0.3, -0.25) is 14.6 Å². The van der Waals surface area contributed by atoms with Gasteiger partial charge in [0.2, 0.25) is 0 Å². The Balaban J connectivity index is 2.27. The second-order valence-electron chi connectivity index (χ2n) is 3.34. The van der Waals surface area contributed by atoms with Crippen LogP contribution in [0.2, 0.25) is 0 Å². The van der Waals surface area contributed by atoms with Crippen LogP contribution in [0.3, 0.4) is 0 Å². The molecule has 0 bridgehead atoms. The van der Waals surface area contributed by atoms with Gasteiger partial charge in [0.25, 0.3) is 11.8 Å². The van der Waals surface area contributed by atoms with E-state index in [0.717, 1.165) is 5.01 Å². The summed E-state index contributed by atoms with van der Waals surface area (Å²) in [6.45, 7) is 0. The van der Waals surface area contributed by atoms with Crippen molar-refractivity contribution in [1.29, 1.82) is 0 Å². The zero-order valence-electron chi connectivity index (χ0n) is 7.83. The standard InChI is InChI=1S/C8H7BrN2O5/c9-5-1-3(8(15)16)10(5)11-6(13)2-4(12)7(11)14/h1,4-5,12H,2H2,(H,15,16). The second kappa shape index (κ2) is 3.56. The van der Waals surface area contributed by atoms with Crippen molar-refractivity contribution in [1.82, 2.24) is 10.0 Å². The van der Waals surface area contributed by atoms with E-state index in [1.165, 1.54) is 6.08 Å². The molecule has 2 aliphatic rings. The van der Waals surface area contributed by atoms with Crippen LogP contribution in [-0.2, 0) is 14.4 Å². The maximum absolute atomic E-state index is 11.4. The molecule has 2 aliphatic heterocycles. The van der Waals surface area contributed by atoms with Crippen LogP contribution in [-0.4, -0.2) is 49.1 Å². The number of alkyl halides is 1. The number of carboxylic acid groups (broad SMARTS) is 1. The lowest BCUT2D eigenvalue weighted by molar-refractivity contribution is -0.160. The first-order valence-electron chi connectivity index (χ1n) is 4.36. The van der Waals surface area contributed by atoms with Gasteiger partial charge in [-0.25, -0.2) is 4.79 Å². The van der Waals surface area contributed by atoms with Crippen molar-refractivity contribution in [2.75, 3.05) is 0 Å². The van der Waals surface area contributed by atoms with Crippen molar-refractivity contribution < 1.29 is 24.6 Å². The second-order valence-corrected chi connectivity index (χ2v) is 4.28. The highest BCUT2D eigenvalue weighted by Gasteiger charge is 2.47. The Morgan fingerprint density at radius 3 is 2.50 bits per heavy atom. The van der Waals surface area contributed by atoms with Gasteiger partial charge < -0.3 is 10.2 Å². The predicted octanol–water partition coefficient (Wildman–Crippen LogP) is -0.974. The smallest absolute Gasteiger partial charge is 0.353 e. The Bertz CT molecular complexity index is 421. The minimum atomic E-state index is -1.39. The van der Waals surface area contributed by atoms with E-state index in [2.05, 4.69) is 15.9 Å². The Morgan fingerprint density at radius 2 is 2.12 bits per heavy atom. The molecule has 86 valence electrons. The van der Waals surface area contributed by atoms with Gasteiger partial charge in [-0.15, -0.1) is 0 Å². The summed E-state index contributed by atoms with van der Waals surface area (Å²) in [6.07, 6.45) is -0.363.